The summed E-state index contributed by atoms with van der Waals surface area (Å²) in [5, 5.41) is 2.94. The van der Waals surface area contributed by atoms with Crippen LogP contribution < -0.4 is 10.2 Å². The Morgan fingerprint density at radius 3 is 2.45 bits per heavy atom. The Labute approximate surface area is 129 Å². The van der Waals surface area contributed by atoms with Crippen molar-refractivity contribution in [2.45, 2.75) is 19.4 Å². The van der Waals surface area contributed by atoms with E-state index in [-0.39, 0.29) is 17.9 Å². The van der Waals surface area contributed by atoms with Gasteiger partial charge < -0.3 is 10.2 Å². The van der Waals surface area contributed by atoms with Gasteiger partial charge in [-0.1, -0.05) is 35.9 Å². The molecule has 2 amide bonds. The third-order valence-electron chi connectivity index (χ3n) is 3.84. The average molecular weight is 294 g/mol. The average Bonchev–Trinajstić information content (AvgIpc) is 2.89. The van der Waals surface area contributed by atoms with E-state index in [1.165, 1.54) is 0 Å². The van der Waals surface area contributed by atoms with E-state index in [9.17, 15) is 9.59 Å². The maximum atomic E-state index is 12.2. The van der Waals surface area contributed by atoms with Gasteiger partial charge in [-0.15, -0.1) is 0 Å². The van der Waals surface area contributed by atoms with Crippen molar-refractivity contribution in [3.63, 3.8) is 0 Å². The second-order valence-corrected chi connectivity index (χ2v) is 5.58. The Balaban J connectivity index is 1.66. The van der Waals surface area contributed by atoms with Crippen LogP contribution in [0.1, 0.15) is 22.3 Å². The van der Waals surface area contributed by atoms with E-state index < -0.39 is 0 Å². The second kappa shape index (κ2) is 6.02. The van der Waals surface area contributed by atoms with E-state index in [0.29, 0.717) is 18.5 Å². The molecule has 1 atom stereocenters. The summed E-state index contributed by atoms with van der Waals surface area (Å²) >= 11 is 0. The van der Waals surface area contributed by atoms with Gasteiger partial charge in [-0.3, -0.25) is 9.59 Å². The van der Waals surface area contributed by atoms with E-state index in [4.69, 9.17) is 0 Å². The lowest BCUT2D eigenvalue weighted by Crippen LogP contribution is -2.37. The van der Waals surface area contributed by atoms with Crippen molar-refractivity contribution < 1.29 is 9.59 Å². The van der Waals surface area contributed by atoms with Crippen LogP contribution in [-0.2, 0) is 4.79 Å². The number of carbonyl (C=O) groups is 2. The highest BCUT2D eigenvalue weighted by atomic mass is 16.2. The maximum Gasteiger partial charge on any atom is 0.251 e. The first kappa shape index (κ1) is 14.3. The molecule has 22 heavy (non-hydrogen) atoms. The Hall–Kier alpha value is -2.62. The third-order valence-corrected chi connectivity index (χ3v) is 3.84. The number of aryl methyl sites for hydroxylation is 1. The third kappa shape index (κ3) is 3.01. The highest BCUT2D eigenvalue weighted by molar-refractivity contribution is 5.98. The summed E-state index contributed by atoms with van der Waals surface area (Å²) in [5.74, 6) is -0.0897. The van der Waals surface area contributed by atoms with Gasteiger partial charge >= 0.3 is 0 Å². The summed E-state index contributed by atoms with van der Waals surface area (Å²) in [6.07, 6.45) is 0.340. The van der Waals surface area contributed by atoms with Gasteiger partial charge in [0.1, 0.15) is 0 Å². The lowest BCUT2D eigenvalue weighted by atomic mass is 10.1. The summed E-state index contributed by atoms with van der Waals surface area (Å²) in [6.45, 7) is 2.50. The quantitative estimate of drug-likeness (QED) is 0.945. The minimum absolute atomic E-state index is 0.0420. The highest BCUT2D eigenvalue weighted by Gasteiger charge is 2.31. The van der Waals surface area contributed by atoms with Crippen LogP contribution in [0.5, 0.6) is 0 Å². The first-order valence-electron chi connectivity index (χ1n) is 7.36. The molecular weight excluding hydrogens is 276 g/mol. The number of anilines is 1. The van der Waals surface area contributed by atoms with Gasteiger partial charge in [0, 0.05) is 24.2 Å². The number of rotatable bonds is 3. The van der Waals surface area contributed by atoms with Gasteiger partial charge in [-0.05, 0) is 31.2 Å². The predicted molar refractivity (Wildman–Crippen MR) is 85.8 cm³/mol. The summed E-state index contributed by atoms with van der Waals surface area (Å²) in [4.78, 5) is 26.1. The van der Waals surface area contributed by atoms with Crippen molar-refractivity contribution in [3.05, 3.63) is 65.7 Å². The van der Waals surface area contributed by atoms with Crippen molar-refractivity contribution in [2.24, 2.45) is 0 Å². The Bertz CT molecular complexity index is 680. The number of para-hydroxylation sites is 1. The minimum atomic E-state index is -0.151. The van der Waals surface area contributed by atoms with Crippen LogP contribution in [0.2, 0.25) is 0 Å². The molecule has 0 radical (unpaired) electrons. The second-order valence-electron chi connectivity index (χ2n) is 5.58. The van der Waals surface area contributed by atoms with Crippen LogP contribution in [0, 0.1) is 6.92 Å². The fourth-order valence-electron chi connectivity index (χ4n) is 2.64. The summed E-state index contributed by atoms with van der Waals surface area (Å²) in [6, 6.07) is 16.8. The molecule has 2 aromatic carbocycles. The molecule has 1 aliphatic heterocycles. The molecule has 1 saturated heterocycles. The molecule has 1 aliphatic rings. The van der Waals surface area contributed by atoms with E-state index >= 15 is 0 Å². The van der Waals surface area contributed by atoms with Crippen LogP contribution in [-0.4, -0.2) is 24.4 Å². The topological polar surface area (TPSA) is 49.4 Å². The number of nitrogens with zero attached hydrogens (tertiary/aromatic N) is 1. The van der Waals surface area contributed by atoms with E-state index in [2.05, 4.69) is 5.32 Å². The normalized spacial score (nSPS) is 17.6. The van der Waals surface area contributed by atoms with Crippen LogP contribution in [0.3, 0.4) is 0 Å². The van der Waals surface area contributed by atoms with Crippen LogP contribution in [0.4, 0.5) is 5.69 Å². The zero-order valence-corrected chi connectivity index (χ0v) is 12.5. The summed E-state index contributed by atoms with van der Waals surface area (Å²) < 4.78 is 0. The van der Waals surface area contributed by atoms with Crippen molar-refractivity contribution in [1.29, 1.82) is 0 Å². The fourth-order valence-corrected chi connectivity index (χ4v) is 2.64. The van der Waals surface area contributed by atoms with Gasteiger partial charge in [0.2, 0.25) is 5.91 Å². The van der Waals surface area contributed by atoms with Crippen LogP contribution in [0.25, 0.3) is 0 Å². The van der Waals surface area contributed by atoms with Gasteiger partial charge in [0.15, 0.2) is 0 Å². The van der Waals surface area contributed by atoms with E-state index in [0.717, 1.165) is 11.3 Å². The lowest BCUT2D eigenvalue weighted by Gasteiger charge is -2.17. The molecular formula is C18H18N2O2. The zero-order valence-electron chi connectivity index (χ0n) is 12.5. The van der Waals surface area contributed by atoms with Crippen molar-refractivity contribution >= 4 is 17.5 Å². The zero-order chi connectivity index (χ0) is 15.5. The lowest BCUT2D eigenvalue weighted by molar-refractivity contribution is -0.117. The smallest absolute Gasteiger partial charge is 0.251 e. The van der Waals surface area contributed by atoms with Crippen molar-refractivity contribution in [3.8, 4) is 0 Å². The number of carbonyl (C=O) groups excluding carboxylic acids is 2. The molecule has 0 unspecified atom stereocenters. The molecule has 0 bridgehead atoms. The molecule has 4 heteroatoms. The first-order chi connectivity index (χ1) is 10.6. The standard InChI is InChI=1S/C18H18N2O2/c1-13-7-9-14(10-8-13)18(22)19-15-11-17(21)20(12-15)16-5-3-2-4-6-16/h2-10,15H,11-12H2,1H3,(H,19,22)/t15-/m0/s1. The molecule has 1 N–H and O–H groups in total. The number of nitrogens with one attached hydrogen (secondary N) is 1. The van der Waals surface area contributed by atoms with Crippen LogP contribution in [0.15, 0.2) is 54.6 Å². The van der Waals surface area contributed by atoms with E-state index in [1.807, 2.05) is 49.4 Å². The molecule has 4 nitrogen and oxygen atoms in total. The summed E-state index contributed by atoms with van der Waals surface area (Å²) in [5.41, 5.74) is 2.61. The fraction of sp³-hybridized carbons (Fsp3) is 0.222. The highest BCUT2D eigenvalue weighted by Crippen LogP contribution is 2.21. The molecule has 0 saturated carbocycles. The van der Waals surface area contributed by atoms with Gasteiger partial charge in [0.25, 0.3) is 5.91 Å². The number of amides is 2. The van der Waals surface area contributed by atoms with Crippen molar-refractivity contribution in [1.82, 2.24) is 5.32 Å². The monoisotopic (exact) mass is 294 g/mol. The van der Waals surface area contributed by atoms with Gasteiger partial charge in [-0.2, -0.15) is 0 Å². The molecule has 0 aromatic heterocycles. The molecule has 2 aromatic rings. The molecule has 0 spiro atoms. The Kier molecular flexibility index (Phi) is 3.92. The maximum absolute atomic E-state index is 12.2. The molecule has 1 heterocycles. The largest absolute Gasteiger partial charge is 0.347 e. The molecule has 1 fully saturated rings. The molecule has 3 rings (SSSR count). The Morgan fingerprint density at radius 1 is 1.09 bits per heavy atom. The van der Waals surface area contributed by atoms with Gasteiger partial charge in [-0.25, -0.2) is 0 Å². The molecule has 112 valence electrons. The molecule has 0 aliphatic carbocycles. The van der Waals surface area contributed by atoms with E-state index in [1.54, 1.807) is 17.0 Å². The minimum Gasteiger partial charge on any atom is -0.347 e. The van der Waals surface area contributed by atoms with Gasteiger partial charge in [0.05, 0.1) is 6.04 Å². The Morgan fingerprint density at radius 2 is 1.77 bits per heavy atom. The first-order valence-corrected chi connectivity index (χ1v) is 7.36. The summed E-state index contributed by atoms with van der Waals surface area (Å²) in [7, 11) is 0. The number of benzene rings is 2. The van der Waals surface area contributed by atoms with Crippen LogP contribution >= 0.6 is 0 Å². The van der Waals surface area contributed by atoms with Crippen molar-refractivity contribution in [2.75, 3.05) is 11.4 Å². The number of hydrogen-bond acceptors (Lipinski definition) is 2. The number of hydrogen-bond donors (Lipinski definition) is 1. The predicted octanol–water partition coefficient (Wildman–Crippen LogP) is 2.53. The SMILES string of the molecule is Cc1ccc(C(=O)N[C@H]2CC(=O)N(c3ccccc3)C2)cc1.